The SMILES string of the molecule is CCCS(=O)(=O)N1CCCN(S(=O)(=O)c2cnc[nH]2)CC1. The summed E-state index contributed by atoms with van der Waals surface area (Å²) in [6.07, 6.45) is 3.60. The molecule has 0 aliphatic carbocycles. The van der Waals surface area contributed by atoms with Gasteiger partial charge in [0.1, 0.15) is 0 Å². The van der Waals surface area contributed by atoms with E-state index in [1.54, 1.807) is 0 Å². The third-order valence-corrected chi connectivity index (χ3v) is 7.26. The van der Waals surface area contributed by atoms with E-state index in [0.717, 1.165) is 0 Å². The number of hydrogen-bond donors (Lipinski definition) is 1. The zero-order valence-electron chi connectivity index (χ0n) is 11.9. The molecule has 1 aliphatic rings. The lowest BCUT2D eigenvalue weighted by atomic mass is 10.4. The summed E-state index contributed by atoms with van der Waals surface area (Å²) >= 11 is 0. The molecule has 0 unspecified atom stereocenters. The number of nitrogens with one attached hydrogen (secondary N) is 1. The standard InChI is InChI=1S/C11H20N4O4S2/c1-2-8-20(16,17)14-4-3-5-15(7-6-14)21(18,19)11-9-12-10-13-11/h9-10H,2-8H2,1H3,(H,12,13). The first-order valence-electron chi connectivity index (χ1n) is 6.84. The smallest absolute Gasteiger partial charge is 0.260 e. The van der Waals surface area contributed by atoms with Crippen LogP contribution in [0.2, 0.25) is 0 Å². The summed E-state index contributed by atoms with van der Waals surface area (Å²) in [5.74, 6) is 0.0975. The molecule has 0 bridgehead atoms. The molecule has 21 heavy (non-hydrogen) atoms. The maximum Gasteiger partial charge on any atom is 0.260 e. The van der Waals surface area contributed by atoms with Crippen molar-refractivity contribution in [3.05, 3.63) is 12.5 Å². The highest BCUT2D eigenvalue weighted by Gasteiger charge is 2.31. The third kappa shape index (κ3) is 3.62. The van der Waals surface area contributed by atoms with Crippen LogP contribution in [-0.2, 0) is 20.0 Å². The zero-order valence-corrected chi connectivity index (χ0v) is 13.5. The highest BCUT2D eigenvalue weighted by atomic mass is 32.2. The predicted molar refractivity (Wildman–Crippen MR) is 77.6 cm³/mol. The van der Waals surface area contributed by atoms with E-state index in [-0.39, 0.29) is 23.9 Å². The molecule has 1 fully saturated rings. The molecule has 10 heteroatoms. The quantitative estimate of drug-likeness (QED) is 0.805. The van der Waals surface area contributed by atoms with Crippen molar-refractivity contribution in [3.8, 4) is 0 Å². The van der Waals surface area contributed by atoms with E-state index in [9.17, 15) is 16.8 Å². The first-order chi connectivity index (χ1) is 9.88. The molecule has 120 valence electrons. The van der Waals surface area contributed by atoms with Crippen molar-refractivity contribution in [2.75, 3.05) is 31.9 Å². The van der Waals surface area contributed by atoms with Crippen LogP contribution in [0.4, 0.5) is 0 Å². The second kappa shape index (κ2) is 6.42. The minimum atomic E-state index is -3.63. The number of hydrogen-bond acceptors (Lipinski definition) is 5. The largest absolute Gasteiger partial charge is 0.335 e. The summed E-state index contributed by atoms with van der Waals surface area (Å²) in [7, 11) is -6.92. The van der Waals surface area contributed by atoms with Crippen LogP contribution in [0, 0.1) is 0 Å². The van der Waals surface area contributed by atoms with E-state index >= 15 is 0 Å². The second-order valence-electron chi connectivity index (χ2n) is 4.89. The second-order valence-corrected chi connectivity index (χ2v) is 8.88. The fourth-order valence-corrected chi connectivity index (χ4v) is 5.21. The number of aromatic nitrogens is 2. The summed E-state index contributed by atoms with van der Waals surface area (Å²) in [6.45, 7) is 2.82. The van der Waals surface area contributed by atoms with Crippen LogP contribution in [0.1, 0.15) is 19.8 Å². The van der Waals surface area contributed by atoms with Crippen molar-refractivity contribution >= 4 is 20.0 Å². The number of aromatic amines is 1. The van der Waals surface area contributed by atoms with Gasteiger partial charge in [-0.15, -0.1) is 0 Å². The molecule has 1 aromatic heterocycles. The van der Waals surface area contributed by atoms with E-state index in [2.05, 4.69) is 9.97 Å². The summed E-state index contributed by atoms with van der Waals surface area (Å²) in [5.41, 5.74) is 0. The van der Waals surface area contributed by atoms with Gasteiger partial charge in [-0.2, -0.15) is 4.31 Å². The van der Waals surface area contributed by atoms with Crippen LogP contribution >= 0.6 is 0 Å². The minimum Gasteiger partial charge on any atom is -0.335 e. The maximum atomic E-state index is 12.4. The van der Waals surface area contributed by atoms with Crippen molar-refractivity contribution < 1.29 is 16.8 Å². The molecule has 1 aliphatic heterocycles. The molecular weight excluding hydrogens is 316 g/mol. The number of imidazole rings is 1. The van der Waals surface area contributed by atoms with Crippen LogP contribution < -0.4 is 0 Å². The first-order valence-corrected chi connectivity index (χ1v) is 9.89. The number of rotatable bonds is 5. The Labute approximate surface area is 125 Å². The summed E-state index contributed by atoms with van der Waals surface area (Å²) in [4.78, 5) is 6.30. The topological polar surface area (TPSA) is 103 Å². The molecule has 0 saturated carbocycles. The van der Waals surface area contributed by atoms with Crippen molar-refractivity contribution in [2.24, 2.45) is 0 Å². The van der Waals surface area contributed by atoms with E-state index in [0.29, 0.717) is 25.9 Å². The molecule has 8 nitrogen and oxygen atoms in total. The monoisotopic (exact) mass is 336 g/mol. The lowest BCUT2D eigenvalue weighted by Crippen LogP contribution is -2.38. The third-order valence-electron chi connectivity index (χ3n) is 3.36. The number of sulfonamides is 2. The van der Waals surface area contributed by atoms with Gasteiger partial charge in [-0.1, -0.05) is 6.92 Å². The highest BCUT2D eigenvalue weighted by Crippen LogP contribution is 2.16. The van der Waals surface area contributed by atoms with E-state index in [1.165, 1.54) is 21.1 Å². The molecule has 2 heterocycles. The van der Waals surface area contributed by atoms with Crippen molar-refractivity contribution in [1.82, 2.24) is 18.6 Å². The van der Waals surface area contributed by atoms with E-state index < -0.39 is 20.0 Å². The molecule has 0 radical (unpaired) electrons. The van der Waals surface area contributed by atoms with Gasteiger partial charge in [-0.3, -0.25) is 0 Å². The van der Waals surface area contributed by atoms with Crippen LogP contribution in [0.3, 0.4) is 0 Å². The lowest BCUT2D eigenvalue weighted by molar-refractivity contribution is 0.403. The fraction of sp³-hybridized carbons (Fsp3) is 0.727. The molecular formula is C11H20N4O4S2. The molecule has 0 amide bonds. The summed E-state index contributed by atoms with van der Waals surface area (Å²) in [6, 6.07) is 0. The highest BCUT2D eigenvalue weighted by molar-refractivity contribution is 7.89. The Hall–Kier alpha value is -0.970. The fourth-order valence-electron chi connectivity index (χ4n) is 2.30. The number of H-pyrrole nitrogens is 1. The Morgan fingerprint density at radius 1 is 1.14 bits per heavy atom. The normalized spacial score (nSPS) is 19.5. The van der Waals surface area contributed by atoms with Gasteiger partial charge < -0.3 is 4.98 Å². The number of nitrogens with zero attached hydrogens (tertiary/aromatic N) is 3. The molecule has 1 N–H and O–H groups in total. The molecule has 0 spiro atoms. The van der Waals surface area contributed by atoms with Crippen LogP contribution in [0.5, 0.6) is 0 Å². The van der Waals surface area contributed by atoms with Crippen LogP contribution in [0.15, 0.2) is 17.6 Å². The zero-order chi connectivity index (χ0) is 15.5. The first kappa shape index (κ1) is 16.4. The Bertz CT molecular complexity index is 654. The van der Waals surface area contributed by atoms with E-state index in [4.69, 9.17) is 0 Å². The van der Waals surface area contributed by atoms with Gasteiger partial charge in [0.15, 0.2) is 5.03 Å². The van der Waals surface area contributed by atoms with Crippen LogP contribution in [-0.4, -0.2) is 67.3 Å². The summed E-state index contributed by atoms with van der Waals surface area (Å²) in [5, 5.41) is 0.0346. The Morgan fingerprint density at radius 2 is 1.81 bits per heavy atom. The Kier molecular flexibility index (Phi) is 5.02. The molecule has 0 aromatic carbocycles. The predicted octanol–water partition coefficient (Wildman–Crippen LogP) is -0.154. The van der Waals surface area contributed by atoms with E-state index in [1.807, 2.05) is 6.92 Å². The summed E-state index contributed by atoms with van der Waals surface area (Å²) < 4.78 is 51.6. The van der Waals surface area contributed by atoms with Crippen molar-refractivity contribution in [3.63, 3.8) is 0 Å². The average Bonchev–Trinajstić information content (AvgIpc) is 2.82. The average molecular weight is 336 g/mol. The minimum absolute atomic E-state index is 0.0346. The van der Waals surface area contributed by atoms with Crippen molar-refractivity contribution in [2.45, 2.75) is 24.8 Å². The van der Waals surface area contributed by atoms with Gasteiger partial charge >= 0.3 is 0 Å². The Balaban J connectivity index is 2.12. The lowest BCUT2D eigenvalue weighted by Gasteiger charge is -2.20. The molecule has 1 saturated heterocycles. The maximum absolute atomic E-state index is 12.4. The molecule has 2 rings (SSSR count). The molecule has 1 aromatic rings. The van der Waals surface area contributed by atoms with Gasteiger partial charge in [0, 0.05) is 26.2 Å². The van der Waals surface area contributed by atoms with Crippen molar-refractivity contribution in [1.29, 1.82) is 0 Å². The van der Waals surface area contributed by atoms with Gasteiger partial charge in [0.2, 0.25) is 10.0 Å². The van der Waals surface area contributed by atoms with Gasteiger partial charge in [-0.05, 0) is 12.8 Å². The molecule has 0 atom stereocenters. The van der Waals surface area contributed by atoms with Crippen LogP contribution in [0.25, 0.3) is 0 Å². The van der Waals surface area contributed by atoms with Gasteiger partial charge in [0.25, 0.3) is 10.0 Å². The Morgan fingerprint density at radius 3 is 2.43 bits per heavy atom. The van der Waals surface area contributed by atoms with Gasteiger partial charge in [-0.25, -0.2) is 26.1 Å². The van der Waals surface area contributed by atoms with Gasteiger partial charge in [0.05, 0.1) is 18.3 Å².